The quantitative estimate of drug-likeness (QED) is 0.934. The molecule has 106 valence electrons. The van der Waals surface area contributed by atoms with E-state index in [2.05, 4.69) is 15.1 Å². The number of oxime groups is 1. The Labute approximate surface area is 121 Å². The van der Waals surface area contributed by atoms with Gasteiger partial charge < -0.3 is 9.94 Å². The van der Waals surface area contributed by atoms with Gasteiger partial charge in [0.05, 0.1) is 5.69 Å². The highest BCUT2D eigenvalue weighted by Crippen LogP contribution is 2.28. The average Bonchev–Trinajstić information content (AvgIpc) is 2.97. The van der Waals surface area contributed by atoms with Crippen molar-refractivity contribution >= 4 is 11.7 Å². The first-order valence-electron chi connectivity index (χ1n) is 6.50. The third-order valence-electron chi connectivity index (χ3n) is 3.19. The SMILES string of the molecule is Cc1nc(C(=O)O)cc(C2=NO[C@H](c3ccccc3)C2)n1. The van der Waals surface area contributed by atoms with Crippen LogP contribution in [-0.4, -0.2) is 26.8 Å². The molecule has 1 aliphatic heterocycles. The lowest BCUT2D eigenvalue weighted by molar-refractivity contribution is 0.0690. The number of hydrogen-bond acceptors (Lipinski definition) is 5. The van der Waals surface area contributed by atoms with Crippen molar-refractivity contribution in [2.75, 3.05) is 0 Å². The number of hydrogen-bond donors (Lipinski definition) is 1. The lowest BCUT2D eigenvalue weighted by Crippen LogP contribution is -2.10. The normalized spacial score (nSPS) is 17.2. The van der Waals surface area contributed by atoms with E-state index < -0.39 is 5.97 Å². The zero-order chi connectivity index (χ0) is 14.8. The number of benzene rings is 1. The highest BCUT2D eigenvalue weighted by molar-refractivity contribution is 6.01. The van der Waals surface area contributed by atoms with E-state index in [0.717, 1.165) is 5.56 Å². The van der Waals surface area contributed by atoms with Gasteiger partial charge in [-0.1, -0.05) is 35.5 Å². The van der Waals surface area contributed by atoms with Crippen molar-refractivity contribution in [3.8, 4) is 0 Å². The van der Waals surface area contributed by atoms with E-state index in [4.69, 9.17) is 9.94 Å². The van der Waals surface area contributed by atoms with Crippen molar-refractivity contribution in [3.63, 3.8) is 0 Å². The predicted octanol–water partition coefficient (Wildman–Crippen LogP) is 2.35. The molecule has 0 aliphatic carbocycles. The summed E-state index contributed by atoms with van der Waals surface area (Å²) in [5.41, 5.74) is 2.12. The predicted molar refractivity (Wildman–Crippen MR) is 75.2 cm³/mol. The Morgan fingerprint density at radius 2 is 2.05 bits per heavy atom. The number of rotatable bonds is 3. The molecule has 0 bridgehead atoms. The van der Waals surface area contributed by atoms with Crippen molar-refractivity contribution in [1.82, 2.24) is 9.97 Å². The Bertz CT molecular complexity index is 713. The molecule has 2 heterocycles. The molecule has 1 aromatic heterocycles. The van der Waals surface area contributed by atoms with Gasteiger partial charge in [-0.05, 0) is 18.6 Å². The van der Waals surface area contributed by atoms with Crippen LogP contribution in [0.5, 0.6) is 0 Å². The standard InChI is InChI=1S/C15H13N3O3/c1-9-16-11(7-13(17-9)15(19)20)12-8-14(21-18-12)10-5-3-2-4-6-10/h2-7,14H,8H2,1H3,(H,19,20)/t14-/m0/s1. The van der Waals surface area contributed by atoms with Gasteiger partial charge in [0.1, 0.15) is 11.5 Å². The Balaban J connectivity index is 1.85. The third-order valence-corrected chi connectivity index (χ3v) is 3.19. The van der Waals surface area contributed by atoms with Crippen LogP contribution in [0.2, 0.25) is 0 Å². The smallest absolute Gasteiger partial charge is 0.354 e. The van der Waals surface area contributed by atoms with Crippen LogP contribution in [0.25, 0.3) is 0 Å². The summed E-state index contributed by atoms with van der Waals surface area (Å²) in [6, 6.07) is 11.2. The molecule has 1 N–H and O–H groups in total. The summed E-state index contributed by atoms with van der Waals surface area (Å²) >= 11 is 0. The van der Waals surface area contributed by atoms with Gasteiger partial charge in [0.25, 0.3) is 0 Å². The fourth-order valence-corrected chi connectivity index (χ4v) is 2.20. The lowest BCUT2D eigenvalue weighted by Gasteiger charge is -2.07. The van der Waals surface area contributed by atoms with Crippen molar-refractivity contribution in [2.24, 2.45) is 5.16 Å². The molecule has 0 saturated carbocycles. The Hall–Kier alpha value is -2.76. The molecule has 1 atom stereocenters. The molecule has 6 heteroatoms. The second-order valence-electron chi connectivity index (χ2n) is 4.74. The summed E-state index contributed by atoms with van der Waals surface area (Å²) in [4.78, 5) is 24.6. The van der Waals surface area contributed by atoms with Crippen molar-refractivity contribution in [2.45, 2.75) is 19.4 Å². The number of aryl methyl sites for hydroxylation is 1. The number of aromatic nitrogens is 2. The molecule has 1 aliphatic rings. The molecule has 2 aromatic rings. The van der Waals surface area contributed by atoms with E-state index in [9.17, 15) is 4.79 Å². The van der Waals surface area contributed by atoms with E-state index in [-0.39, 0.29) is 11.8 Å². The van der Waals surface area contributed by atoms with Crippen LogP contribution in [0.4, 0.5) is 0 Å². The number of carboxylic acid groups (broad SMARTS) is 1. The zero-order valence-electron chi connectivity index (χ0n) is 11.4. The maximum absolute atomic E-state index is 11.0. The van der Waals surface area contributed by atoms with E-state index in [1.54, 1.807) is 6.92 Å². The third kappa shape index (κ3) is 2.74. The summed E-state index contributed by atoms with van der Waals surface area (Å²) in [5.74, 6) is -0.684. The van der Waals surface area contributed by atoms with Gasteiger partial charge in [-0.25, -0.2) is 14.8 Å². The van der Waals surface area contributed by atoms with Crippen molar-refractivity contribution in [1.29, 1.82) is 0 Å². The summed E-state index contributed by atoms with van der Waals surface area (Å²) < 4.78 is 0. The molecule has 0 radical (unpaired) electrons. The largest absolute Gasteiger partial charge is 0.477 e. The maximum Gasteiger partial charge on any atom is 0.354 e. The molecule has 0 spiro atoms. The summed E-state index contributed by atoms with van der Waals surface area (Å²) in [7, 11) is 0. The van der Waals surface area contributed by atoms with Crippen LogP contribution < -0.4 is 0 Å². The van der Waals surface area contributed by atoms with E-state index in [1.165, 1.54) is 6.07 Å². The number of aromatic carboxylic acids is 1. The van der Waals surface area contributed by atoms with Crippen LogP contribution in [0, 0.1) is 6.92 Å². The molecular weight excluding hydrogens is 270 g/mol. The minimum Gasteiger partial charge on any atom is -0.477 e. The zero-order valence-corrected chi connectivity index (χ0v) is 11.4. The summed E-state index contributed by atoms with van der Waals surface area (Å²) in [6.45, 7) is 1.65. The number of carbonyl (C=O) groups is 1. The highest BCUT2D eigenvalue weighted by Gasteiger charge is 2.25. The molecule has 0 fully saturated rings. The lowest BCUT2D eigenvalue weighted by atomic mass is 10.0. The van der Waals surface area contributed by atoms with E-state index >= 15 is 0 Å². The molecule has 6 nitrogen and oxygen atoms in total. The second-order valence-corrected chi connectivity index (χ2v) is 4.74. The first-order chi connectivity index (χ1) is 10.1. The Morgan fingerprint density at radius 1 is 1.29 bits per heavy atom. The molecule has 3 rings (SSSR count). The molecule has 0 saturated heterocycles. The van der Waals surface area contributed by atoms with Crippen LogP contribution in [0.15, 0.2) is 41.6 Å². The minimum atomic E-state index is -1.08. The minimum absolute atomic E-state index is 0.0386. The monoisotopic (exact) mass is 283 g/mol. The van der Waals surface area contributed by atoms with Gasteiger partial charge in [-0.15, -0.1) is 0 Å². The topological polar surface area (TPSA) is 84.7 Å². The van der Waals surface area contributed by atoms with Crippen LogP contribution in [0.3, 0.4) is 0 Å². The van der Waals surface area contributed by atoms with Gasteiger partial charge in [-0.3, -0.25) is 0 Å². The fourth-order valence-electron chi connectivity index (χ4n) is 2.20. The van der Waals surface area contributed by atoms with Gasteiger partial charge in [-0.2, -0.15) is 0 Å². The Kier molecular flexibility index (Phi) is 3.35. The van der Waals surface area contributed by atoms with Gasteiger partial charge in [0.2, 0.25) is 0 Å². The second kappa shape index (κ2) is 5.32. The van der Waals surface area contributed by atoms with Crippen molar-refractivity contribution in [3.05, 3.63) is 59.2 Å². The molecular formula is C15H13N3O3. The highest BCUT2D eigenvalue weighted by atomic mass is 16.6. The van der Waals surface area contributed by atoms with Crippen LogP contribution >= 0.6 is 0 Å². The first-order valence-corrected chi connectivity index (χ1v) is 6.50. The summed E-state index contributed by atoms with van der Waals surface area (Å²) in [5, 5.41) is 13.1. The number of carboxylic acids is 1. The van der Waals surface area contributed by atoms with Crippen LogP contribution in [-0.2, 0) is 4.84 Å². The Morgan fingerprint density at radius 3 is 2.76 bits per heavy atom. The van der Waals surface area contributed by atoms with Crippen molar-refractivity contribution < 1.29 is 14.7 Å². The first kappa shape index (κ1) is 13.2. The number of nitrogens with zero attached hydrogens (tertiary/aromatic N) is 3. The van der Waals surface area contributed by atoms with E-state index in [1.807, 2.05) is 30.3 Å². The maximum atomic E-state index is 11.0. The molecule has 0 unspecified atom stereocenters. The summed E-state index contributed by atoms with van der Waals surface area (Å²) in [6.07, 6.45) is 0.393. The molecule has 1 aromatic carbocycles. The molecule has 0 amide bonds. The van der Waals surface area contributed by atoms with Gasteiger partial charge in [0, 0.05) is 6.42 Å². The van der Waals surface area contributed by atoms with Gasteiger partial charge in [0.15, 0.2) is 11.8 Å². The average molecular weight is 283 g/mol. The molecule has 21 heavy (non-hydrogen) atoms. The van der Waals surface area contributed by atoms with Crippen LogP contribution in [0.1, 0.15) is 40.1 Å². The van der Waals surface area contributed by atoms with E-state index in [0.29, 0.717) is 23.7 Å². The van der Waals surface area contributed by atoms with Gasteiger partial charge >= 0.3 is 5.97 Å². The fraction of sp³-hybridized carbons (Fsp3) is 0.200.